The van der Waals surface area contributed by atoms with Crippen LogP contribution in [-0.2, 0) is 5.41 Å². The first-order valence-corrected chi connectivity index (χ1v) is 6.61. The lowest BCUT2D eigenvalue weighted by Crippen LogP contribution is -2.16. The van der Waals surface area contributed by atoms with Crippen LogP contribution in [0.2, 0.25) is 0 Å². The predicted molar refractivity (Wildman–Crippen MR) is 78.7 cm³/mol. The fourth-order valence-electron chi connectivity index (χ4n) is 2.17. The summed E-state index contributed by atoms with van der Waals surface area (Å²) in [4.78, 5) is 11.4. The Hall–Kier alpha value is -2.10. The Morgan fingerprint density at radius 2 is 1.90 bits per heavy atom. The van der Waals surface area contributed by atoms with Gasteiger partial charge >= 0.3 is 5.97 Å². The molecule has 0 amide bonds. The van der Waals surface area contributed by atoms with E-state index >= 15 is 0 Å². The Morgan fingerprint density at radius 3 is 2.40 bits per heavy atom. The summed E-state index contributed by atoms with van der Waals surface area (Å²) in [5.74, 6) is -0.938. The average molecular weight is 272 g/mol. The molecule has 2 aromatic rings. The van der Waals surface area contributed by atoms with E-state index in [-0.39, 0.29) is 11.0 Å². The molecular weight excluding hydrogens is 252 g/mol. The Bertz CT molecular complexity index is 664. The zero-order chi connectivity index (χ0) is 15.1. The van der Waals surface area contributed by atoms with E-state index in [1.807, 2.05) is 52.8 Å². The number of nitrogens with zero attached hydrogens (tertiary/aromatic N) is 2. The quantitative estimate of drug-likeness (QED) is 0.910. The van der Waals surface area contributed by atoms with Gasteiger partial charge in [0.2, 0.25) is 0 Å². The molecule has 0 atom stereocenters. The predicted octanol–water partition coefficient (Wildman–Crippen LogP) is 3.48. The number of carboxylic acids is 1. The van der Waals surface area contributed by atoms with Gasteiger partial charge in [0.15, 0.2) is 0 Å². The van der Waals surface area contributed by atoms with E-state index in [9.17, 15) is 9.90 Å². The zero-order valence-electron chi connectivity index (χ0n) is 12.6. The highest BCUT2D eigenvalue weighted by Crippen LogP contribution is 2.26. The molecule has 106 valence electrons. The molecule has 0 spiro atoms. The summed E-state index contributed by atoms with van der Waals surface area (Å²) in [6.45, 7) is 9.91. The highest BCUT2D eigenvalue weighted by Gasteiger charge is 2.26. The third-order valence-electron chi connectivity index (χ3n) is 3.27. The van der Waals surface area contributed by atoms with Gasteiger partial charge in [-0.05, 0) is 31.0 Å². The SMILES string of the molecule is Cc1ccc(C)c(-n2cc(C(=O)O)c(C(C)(C)C)n2)c1. The van der Waals surface area contributed by atoms with Crippen molar-refractivity contribution in [2.24, 2.45) is 0 Å². The van der Waals surface area contributed by atoms with Crippen molar-refractivity contribution in [1.82, 2.24) is 9.78 Å². The summed E-state index contributed by atoms with van der Waals surface area (Å²) in [6, 6.07) is 6.06. The minimum atomic E-state index is -0.938. The normalized spacial score (nSPS) is 11.7. The molecule has 4 nitrogen and oxygen atoms in total. The molecule has 0 fully saturated rings. The van der Waals surface area contributed by atoms with Crippen molar-refractivity contribution in [2.75, 3.05) is 0 Å². The monoisotopic (exact) mass is 272 g/mol. The van der Waals surface area contributed by atoms with Gasteiger partial charge in [0.1, 0.15) is 5.56 Å². The number of rotatable bonds is 2. The third-order valence-corrected chi connectivity index (χ3v) is 3.27. The lowest BCUT2D eigenvalue weighted by molar-refractivity contribution is 0.0694. The number of aromatic carboxylic acids is 1. The van der Waals surface area contributed by atoms with Crippen LogP contribution < -0.4 is 0 Å². The largest absolute Gasteiger partial charge is 0.478 e. The molecule has 0 unspecified atom stereocenters. The molecule has 0 saturated carbocycles. The van der Waals surface area contributed by atoms with E-state index in [4.69, 9.17) is 0 Å². The summed E-state index contributed by atoms with van der Waals surface area (Å²) in [5, 5.41) is 13.9. The second-order valence-electron chi connectivity index (χ2n) is 6.18. The van der Waals surface area contributed by atoms with Crippen molar-refractivity contribution in [1.29, 1.82) is 0 Å². The van der Waals surface area contributed by atoms with Crippen LogP contribution in [0.15, 0.2) is 24.4 Å². The van der Waals surface area contributed by atoms with Crippen LogP contribution in [-0.4, -0.2) is 20.9 Å². The second kappa shape index (κ2) is 4.78. The molecule has 1 aromatic heterocycles. The summed E-state index contributed by atoms with van der Waals surface area (Å²) >= 11 is 0. The van der Waals surface area contributed by atoms with Crippen LogP contribution in [0.4, 0.5) is 0 Å². The molecule has 1 aromatic carbocycles. The van der Waals surface area contributed by atoms with E-state index in [2.05, 4.69) is 5.10 Å². The first kappa shape index (κ1) is 14.3. The van der Waals surface area contributed by atoms with Gasteiger partial charge in [-0.15, -0.1) is 0 Å². The van der Waals surface area contributed by atoms with Crippen molar-refractivity contribution >= 4 is 5.97 Å². The van der Waals surface area contributed by atoms with Crippen molar-refractivity contribution in [3.05, 3.63) is 46.8 Å². The van der Waals surface area contributed by atoms with Gasteiger partial charge in [-0.25, -0.2) is 9.48 Å². The standard InChI is InChI=1S/C16H20N2O2/c1-10-6-7-11(2)13(8-10)18-9-12(15(19)20)14(17-18)16(3,4)5/h6-9H,1-5H3,(H,19,20). The van der Waals surface area contributed by atoms with E-state index in [0.29, 0.717) is 5.69 Å². The van der Waals surface area contributed by atoms with Gasteiger partial charge in [-0.3, -0.25) is 0 Å². The van der Waals surface area contributed by atoms with Gasteiger partial charge in [-0.1, -0.05) is 32.9 Å². The van der Waals surface area contributed by atoms with Crippen molar-refractivity contribution in [3.63, 3.8) is 0 Å². The maximum Gasteiger partial charge on any atom is 0.339 e. The summed E-state index contributed by atoms with van der Waals surface area (Å²) < 4.78 is 1.67. The minimum absolute atomic E-state index is 0.262. The van der Waals surface area contributed by atoms with Crippen molar-refractivity contribution in [2.45, 2.75) is 40.0 Å². The highest BCUT2D eigenvalue weighted by atomic mass is 16.4. The maximum absolute atomic E-state index is 11.4. The van der Waals surface area contributed by atoms with Crippen LogP contribution >= 0.6 is 0 Å². The van der Waals surface area contributed by atoms with Crippen molar-refractivity contribution < 1.29 is 9.90 Å². The van der Waals surface area contributed by atoms with Crippen LogP contribution in [0.25, 0.3) is 5.69 Å². The molecular formula is C16H20N2O2. The van der Waals surface area contributed by atoms with E-state index < -0.39 is 5.97 Å². The van der Waals surface area contributed by atoms with E-state index in [0.717, 1.165) is 16.8 Å². The number of hydrogen-bond donors (Lipinski definition) is 1. The van der Waals surface area contributed by atoms with E-state index in [1.54, 1.807) is 10.9 Å². The smallest absolute Gasteiger partial charge is 0.339 e. The van der Waals surface area contributed by atoms with Gasteiger partial charge in [0.05, 0.1) is 11.4 Å². The first-order chi connectivity index (χ1) is 9.20. The highest BCUT2D eigenvalue weighted by molar-refractivity contribution is 5.89. The number of hydrogen-bond acceptors (Lipinski definition) is 2. The van der Waals surface area contributed by atoms with Gasteiger partial charge in [0, 0.05) is 11.6 Å². The molecule has 0 radical (unpaired) electrons. The lowest BCUT2D eigenvalue weighted by Gasteiger charge is -2.16. The van der Waals surface area contributed by atoms with Crippen molar-refractivity contribution in [3.8, 4) is 5.69 Å². The molecule has 1 heterocycles. The maximum atomic E-state index is 11.4. The molecule has 20 heavy (non-hydrogen) atoms. The fraction of sp³-hybridized carbons (Fsp3) is 0.375. The molecule has 4 heteroatoms. The molecule has 0 aliphatic rings. The fourth-order valence-corrected chi connectivity index (χ4v) is 2.17. The molecule has 0 bridgehead atoms. The van der Waals surface area contributed by atoms with Gasteiger partial charge < -0.3 is 5.11 Å². The zero-order valence-corrected chi connectivity index (χ0v) is 12.6. The number of aryl methyl sites for hydroxylation is 2. The topological polar surface area (TPSA) is 55.1 Å². The Morgan fingerprint density at radius 1 is 1.25 bits per heavy atom. The van der Waals surface area contributed by atoms with E-state index in [1.165, 1.54) is 0 Å². The molecule has 1 N–H and O–H groups in total. The summed E-state index contributed by atoms with van der Waals surface area (Å²) in [5.41, 5.74) is 3.66. The minimum Gasteiger partial charge on any atom is -0.478 e. The molecule has 0 saturated heterocycles. The van der Waals surface area contributed by atoms with Crippen LogP contribution in [0.5, 0.6) is 0 Å². The Balaban J connectivity index is 2.65. The number of aromatic nitrogens is 2. The number of benzene rings is 1. The third kappa shape index (κ3) is 2.59. The number of carboxylic acid groups (broad SMARTS) is 1. The first-order valence-electron chi connectivity index (χ1n) is 6.61. The van der Waals surface area contributed by atoms with Gasteiger partial charge in [0.25, 0.3) is 0 Å². The Kier molecular flexibility index (Phi) is 3.42. The van der Waals surface area contributed by atoms with Crippen LogP contribution in [0.3, 0.4) is 0 Å². The molecule has 2 rings (SSSR count). The lowest BCUT2D eigenvalue weighted by atomic mass is 9.90. The second-order valence-corrected chi connectivity index (χ2v) is 6.18. The van der Waals surface area contributed by atoms with Crippen LogP contribution in [0, 0.1) is 13.8 Å². The van der Waals surface area contributed by atoms with Gasteiger partial charge in [-0.2, -0.15) is 5.10 Å². The summed E-state index contributed by atoms with van der Waals surface area (Å²) in [6.07, 6.45) is 1.60. The Labute approximate surface area is 119 Å². The molecule has 0 aliphatic carbocycles. The number of carbonyl (C=O) groups is 1. The summed E-state index contributed by atoms with van der Waals surface area (Å²) in [7, 11) is 0. The van der Waals surface area contributed by atoms with Crippen LogP contribution in [0.1, 0.15) is 48.0 Å². The molecule has 0 aliphatic heterocycles. The average Bonchev–Trinajstić information content (AvgIpc) is 2.77.